The molecule has 1 fully saturated rings. The van der Waals surface area contributed by atoms with Crippen LogP contribution in [-0.4, -0.2) is 29.1 Å². The lowest BCUT2D eigenvalue weighted by molar-refractivity contribution is -0.141. The fourth-order valence-electron chi connectivity index (χ4n) is 2.99. The van der Waals surface area contributed by atoms with Crippen molar-refractivity contribution >= 4 is 12.0 Å². The lowest BCUT2D eigenvalue weighted by atomic mass is 9.90. The largest absolute Gasteiger partial charge is 0.475 e. The van der Waals surface area contributed by atoms with Crippen LogP contribution >= 0.6 is 0 Å². The molecule has 5 nitrogen and oxygen atoms in total. The van der Waals surface area contributed by atoms with Crippen LogP contribution < -0.4 is 4.90 Å². The minimum absolute atomic E-state index is 0.192. The summed E-state index contributed by atoms with van der Waals surface area (Å²) in [6.45, 7) is 0.541. The molecule has 0 spiro atoms. The number of alkyl halides is 3. The van der Waals surface area contributed by atoms with Crippen molar-refractivity contribution in [3.63, 3.8) is 0 Å². The van der Waals surface area contributed by atoms with Crippen molar-refractivity contribution in [2.45, 2.75) is 24.9 Å². The van der Waals surface area contributed by atoms with Gasteiger partial charge in [0.15, 0.2) is 5.69 Å². The summed E-state index contributed by atoms with van der Waals surface area (Å²) in [6, 6.07) is 5.78. The average Bonchev–Trinajstić information content (AvgIpc) is 3.01. The summed E-state index contributed by atoms with van der Waals surface area (Å²) in [4.78, 5) is 15.7. The van der Waals surface area contributed by atoms with Gasteiger partial charge in [-0.05, 0) is 24.5 Å². The van der Waals surface area contributed by atoms with E-state index in [2.05, 4.69) is 4.98 Å². The average molecular weight is 358 g/mol. The van der Waals surface area contributed by atoms with Crippen LogP contribution in [0, 0.1) is 5.82 Å². The number of carbonyl (C=O) groups is 1. The molecule has 0 aliphatic carbocycles. The van der Waals surface area contributed by atoms with E-state index >= 15 is 0 Å². The molecule has 1 aromatic heterocycles. The number of aromatic nitrogens is 1. The number of hydrogen-bond donors (Lipinski definition) is 1. The van der Waals surface area contributed by atoms with E-state index in [0.717, 1.165) is 0 Å². The minimum Gasteiger partial charge on any atom is -0.475 e. The molecule has 1 aliphatic heterocycles. The maximum atomic E-state index is 13.9. The first-order valence-corrected chi connectivity index (χ1v) is 7.58. The number of rotatable bonds is 3. The molecule has 9 heteroatoms. The van der Waals surface area contributed by atoms with Gasteiger partial charge in [0.2, 0.25) is 5.76 Å². The zero-order valence-corrected chi connectivity index (χ0v) is 12.9. The number of piperidine rings is 1. The summed E-state index contributed by atoms with van der Waals surface area (Å²) >= 11 is 0. The third kappa shape index (κ3) is 3.45. The zero-order valence-electron chi connectivity index (χ0n) is 12.9. The Kier molecular flexibility index (Phi) is 4.40. The van der Waals surface area contributed by atoms with Crippen molar-refractivity contribution in [3.05, 3.63) is 47.1 Å². The predicted octanol–water partition coefficient (Wildman–Crippen LogP) is 3.91. The number of nitrogens with zero attached hydrogens (tertiary/aromatic N) is 2. The molecule has 0 saturated carbocycles. The van der Waals surface area contributed by atoms with Crippen molar-refractivity contribution in [2.24, 2.45) is 0 Å². The monoisotopic (exact) mass is 358 g/mol. The van der Waals surface area contributed by atoms with E-state index in [1.165, 1.54) is 11.0 Å². The van der Waals surface area contributed by atoms with Crippen LogP contribution in [-0.2, 0) is 6.18 Å². The van der Waals surface area contributed by atoms with Crippen LogP contribution in [0.4, 0.5) is 23.6 Å². The molecular formula is C16H14F4N2O3. The molecule has 0 radical (unpaired) electrons. The molecule has 1 saturated heterocycles. The fraction of sp³-hybridized carbons (Fsp3) is 0.375. The van der Waals surface area contributed by atoms with E-state index in [-0.39, 0.29) is 18.3 Å². The van der Waals surface area contributed by atoms with Crippen molar-refractivity contribution < 1.29 is 31.9 Å². The normalized spacial score (nSPS) is 18.4. The van der Waals surface area contributed by atoms with Crippen LogP contribution in [0.1, 0.15) is 40.6 Å². The quantitative estimate of drug-likeness (QED) is 0.843. The van der Waals surface area contributed by atoms with Gasteiger partial charge in [-0.3, -0.25) is 0 Å². The van der Waals surface area contributed by atoms with E-state index in [0.29, 0.717) is 24.9 Å². The Bertz CT molecular complexity index is 788. The number of oxazole rings is 1. The van der Waals surface area contributed by atoms with Crippen molar-refractivity contribution in [1.82, 2.24) is 4.98 Å². The van der Waals surface area contributed by atoms with Gasteiger partial charge in [-0.25, -0.2) is 9.18 Å². The molecule has 3 rings (SSSR count). The van der Waals surface area contributed by atoms with Gasteiger partial charge in [0.1, 0.15) is 5.82 Å². The number of anilines is 1. The minimum atomic E-state index is -4.93. The Morgan fingerprint density at radius 2 is 2.04 bits per heavy atom. The SMILES string of the molecule is O=C(O)c1oc(N2CCCC(c3ccccc3F)C2)nc1C(F)(F)F. The van der Waals surface area contributed by atoms with Gasteiger partial charge >= 0.3 is 12.1 Å². The van der Waals surface area contributed by atoms with E-state index in [4.69, 9.17) is 9.52 Å². The summed E-state index contributed by atoms with van der Waals surface area (Å²) < 4.78 is 57.6. The standard InChI is InChI=1S/C16H14F4N2O3/c17-11-6-2-1-5-10(11)9-4-3-7-22(8-9)15-21-13(16(18,19)20)12(25-15)14(23)24/h1-2,5-6,9H,3-4,7-8H2,(H,23,24). The summed E-state index contributed by atoms with van der Waals surface area (Å²) in [6.07, 6.45) is -3.68. The third-order valence-electron chi connectivity index (χ3n) is 4.12. The van der Waals surface area contributed by atoms with Gasteiger partial charge in [0, 0.05) is 19.0 Å². The van der Waals surface area contributed by atoms with Crippen molar-refractivity contribution in [3.8, 4) is 0 Å². The van der Waals surface area contributed by atoms with Crippen LogP contribution in [0.25, 0.3) is 0 Å². The predicted molar refractivity (Wildman–Crippen MR) is 79.1 cm³/mol. The number of aromatic carboxylic acids is 1. The molecule has 1 unspecified atom stereocenters. The van der Waals surface area contributed by atoms with Crippen LogP contribution in [0.3, 0.4) is 0 Å². The van der Waals surface area contributed by atoms with E-state index in [9.17, 15) is 22.4 Å². The number of carboxylic acids is 1. The molecular weight excluding hydrogens is 344 g/mol. The molecule has 1 aromatic carbocycles. The molecule has 1 N–H and O–H groups in total. The van der Waals surface area contributed by atoms with Crippen LogP contribution in [0.2, 0.25) is 0 Å². The highest BCUT2D eigenvalue weighted by atomic mass is 19.4. The molecule has 25 heavy (non-hydrogen) atoms. The first-order chi connectivity index (χ1) is 11.8. The number of carboxylic acid groups (broad SMARTS) is 1. The maximum Gasteiger partial charge on any atom is 0.437 e. The van der Waals surface area contributed by atoms with Crippen molar-refractivity contribution in [1.29, 1.82) is 0 Å². The van der Waals surface area contributed by atoms with E-state index in [1.54, 1.807) is 18.2 Å². The summed E-state index contributed by atoms with van der Waals surface area (Å²) in [5.74, 6) is -3.71. The van der Waals surface area contributed by atoms with E-state index in [1.807, 2.05) is 0 Å². The van der Waals surface area contributed by atoms with Crippen molar-refractivity contribution in [2.75, 3.05) is 18.0 Å². The highest BCUT2D eigenvalue weighted by Crippen LogP contribution is 2.36. The molecule has 0 bridgehead atoms. The lowest BCUT2D eigenvalue weighted by Gasteiger charge is -2.32. The summed E-state index contributed by atoms with van der Waals surface area (Å²) in [5, 5.41) is 8.91. The molecule has 1 aliphatic rings. The van der Waals surface area contributed by atoms with Gasteiger partial charge < -0.3 is 14.4 Å². The number of benzene rings is 1. The molecule has 134 valence electrons. The first-order valence-electron chi connectivity index (χ1n) is 7.58. The van der Waals surface area contributed by atoms with Gasteiger partial charge in [0.05, 0.1) is 0 Å². The third-order valence-corrected chi connectivity index (χ3v) is 4.12. The Hall–Kier alpha value is -2.58. The zero-order chi connectivity index (χ0) is 18.2. The second-order valence-corrected chi connectivity index (χ2v) is 5.78. The van der Waals surface area contributed by atoms with Crippen LogP contribution in [0.5, 0.6) is 0 Å². The Labute approximate surface area is 139 Å². The highest BCUT2D eigenvalue weighted by molar-refractivity contribution is 5.86. The number of halogens is 4. The topological polar surface area (TPSA) is 66.6 Å². The highest BCUT2D eigenvalue weighted by Gasteiger charge is 2.42. The lowest BCUT2D eigenvalue weighted by Crippen LogP contribution is -2.35. The maximum absolute atomic E-state index is 13.9. The van der Waals surface area contributed by atoms with Gasteiger partial charge in [-0.1, -0.05) is 18.2 Å². The van der Waals surface area contributed by atoms with E-state index < -0.39 is 29.6 Å². The molecule has 2 aromatic rings. The molecule has 1 atom stereocenters. The van der Waals surface area contributed by atoms with Gasteiger partial charge in [-0.15, -0.1) is 0 Å². The summed E-state index contributed by atoms with van der Waals surface area (Å²) in [5.41, 5.74) is -1.10. The summed E-state index contributed by atoms with van der Waals surface area (Å²) in [7, 11) is 0. The fourth-order valence-corrected chi connectivity index (χ4v) is 2.99. The Morgan fingerprint density at radius 1 is 1.32 bits per heavy atom. The molecule has 0 amide bonds. The Morgan fingerprint density at radius 3 is 2.64 bits per heavy atom. The second-order valence-electron chi connectivity index (χ2n) is 5.78. The second kappa shape index (κ2) is 6.38. The number of hydrogen-bond acceptors (Lipinski definition) is 4. The first kappa shape index (κ1) is 17.2. The van der Waals surface area contributed by atoms with Gasteiger partial charge in [0.25, 0.3) is 6.01 Å². The van der Waals surface area contributed by atoms with Gasteiger partial charge in [-0.2, -0.15) is 18.2 Å². The smallest absolute Gasteiger partial charge is 0.437 e. The van der Waals surface area contributed by atoms with Crippen LogP contribution in [0.15, 0.2) is 28.7 Å². The molecule has 2 heterocycles. The Balaban J connectivity index is 1.89.